The first-order valence-corrected chi connectivity index (χ1v) is 8.49. The SMILES string of the molecule is CCCCCOc1ccc(C(=O)Nc2ccncc2)cc1-n1cnnn1. The van der Waals surface area contributed by atoms with Gasteiger partial charge in [-0.25, -0.2) is 0 Å². The average Bonchev–Trinajstić information content (AvgIpc) is 3.21. The van der Waals surface area contributed by atoms with Gasteiger partial charge in [0, 0.05) is 23.6 Å². The lowest BCUT2D eigenvalue weighted by atomic mass is 10.1. The fraction of sp³-hybridized carbons (Fsp3) is 0.278. The predicted molar refractivity (Wildman–Crippen MR) is 96.4 cm³/mol. The molecule has 0 aliphatic heterocycles. The maximum Gasteiger partial charge on any atom is 0.255 e. The van der Waals surface area contributed by atoms with Gasteiger partial charge in [-0.3, -0.25) is 9.78 Å². The predicted octanol–water partition coefficient (Wildman–Crippen LogP) is 2.88. The van der Waals surface area contributed by atoms with Crippen molar-refractivity contribution in [3.63, 3.8) is 0 Å². The highest BCUT2D eigenvalue weighted by atomic mass is 16.5. The molecule has 2 heterocycles. The fourth-order valence-electron chi connectivity index (χ4n) is 2.40. The van der Waals surface area contributed by atoms with Crippen LogP contribution in [0, 0.1) is 0 Å². The van der Waals surface area contributed by atoms with Crippen molar-refractivity contribution >= 4 is 11.6 Å². The normalized spacial score (nSPS) is 10.5. The molecule has 0 unspecified atom stereocenters. The van der Waals surface area contributed by atoms with E-state index in [4.69, 9.17) is 4.74 Å². The summed E-state index contributed by atoms with van der Waals surface area (Å²) in [7, 11) is 0. The summed E-state index contributed by atoms with van der Waals surface area (Å²) < 4.78 is 7.34. The number of nitrogens with one attached hydrogen (secondary N) is 1. The molecule has 3 rings (SSSR count). The van der Waals surface area contributed by atoms with Crippen molar-refractivity contribution in [3.8, 4) is 11.4 Å². The quantitative estimate of drug-likeness (QED) is 0.626. The molecule has 0 aliphatic carbocycles. The second-order valence-electron chi connectivity index (χ2n) is 5.68. The summed E-state index contributed by atoms with van der Waals surface area (Å²) in [5.74, 6) is 0.400. The number of nitrogens with zero attached hydrogens (tertiary/aromatic N) is 5. The number of hydrogen-bond acceptors (Lipinski definition) is 6. The van der Waals surface area contributed by atoms with Gasteiger partial charge in [-0.2, -0.15) is 4.68 Å². The van der Waals surface area contributed by atoms with Crippen LogP contribution in [0.25, 0.3) is 5.69 Å². The number of ether oxygens (including phenoxy) is 1. The summed E-state index contributed by atoms with van der Waals surface area (Å²) in [5, 5.41) is 14.1. The summed E-state index contributed by atoms with van der Waals surface area (Å²) in [4.78, 5) is 16.4. The molecule has 2 aromatic heterocycles. The van der Waals surface area contributed by atoms with Gasteiger partial charge in [-0.15, -0.1) is 5.10 Å². The molecule has 0 radical (unpaired) electrons. The average molecular weight is 352 g/mol. The van der Waals surface area contributed by atoms with Crippen molar-refractivity contribution in [1.29, 1.82) is 0 Å². The van der Waals surface area contributed by atoms with E-state index in [9.17, 15) is 4.79 Å². The Bertz CT molecular complexity index is 836. The molecule has 8 heteroatoms. The Kier molecular flexibility index (Phi) is 5.87. The van der Waals surface area contributed by atoms with E-state index in [1.165, 1.54) is 11.0 Å². The first-order valence-electron chi connectivity index (χ1n) is 8.49. The number of tetrazole rings is 1. The molecule has 134 valence electrons. The lowest BCUT2D eigenvalue weighted by molar-refractivity contribution is 0.102. The van der Waals surface area contributed by atoms with Crippen LogP contribution in [-0.4, -0.2) is 37.7 Å². The van der Waals surface area contributed by atoms with Crippen molar-refractivity contribution in [1.82, 2.24) is 25.2 Å². The highest BCUT2D eigenvalue weighted by Crippen LogP contribution is 2.24. The number of carbonyl (C=O) groups excluding carboxylic acids is 1. The van der Waals surface area contributed by atoms with Crippen molar-refractivity contribution in [2.45, 2.75) is 26.2 Å². The van der Waals surface area contributed by atoms with Crippen LogP contribution in [0.4, 0.5) is 5.69 Å². The number of anilines is 1. The van der Waals surface area contributed by atoms with Gasteiger partial charge in [-0.1, -0.05) is 19.8 Å². The number of aromatic nitrogens is 5. The van der Waals surface area contributed by atoms with Gasteiger partial charge in [0.05, 0.1) is 6.61 Å². The number of carbonyl (C=O) groups is 1. The topological polar surface area (TPSA) is 94.8 Å². The molecule has 0 spiro atoms. The van der Waals surface area contributed by atoms with Crippen LogP contribution in [0.15, 0.2) is 49.1 Å². The Morgan fingerprint density at radius 1 is 1.19 bits per heavy atom. The molecule has 0 atom stereocenters. The third-order valence-electron chi connectivity index (χ3n) is 3.76. The lowest BCUT2D eigenvalue weighted by Gasteiger charge is -2.12. The minimum atomic E-state index is -0.233. The number of amides is 1. The Morgan fingerprint density at radius 3 is 2.77 bits per heavy atom. The number of hydrogen-bond donors (Lipinski definition) is 1. The Morgan fingerprint density at radius 2 is 2.04 bits per heavy atom. The molecule has 1 amide bonds. The zero-order chi connectivity index (χ0) is 18.2. The molecule has 1 aromatic carbocycles. The molecular weight excluding hydrogens is 332 g/mol. The minimum Gasteiger partial charge on any atom is -0.491 e. The number of benzene rings is 1. The molecule has 3 aromatic rings. The monoisotopic (exact) mass is 352 g/mol. The van der Waals surface area contributed by atoms with Gasteiger partial charge in [0.15, 0.2) is 0 Å². The third-order valence-corrected chi connectivity index (χ3v) is 3.76. The zero-order valence-corrected chi connectivity index (χ0v) is 14.5. The van der Waals surface area contributed by atoms with E-state index in [-0.39, 0.29) is 5.91 Å². The standard InChI is InChI=1S/C18H20N6O2/c1-2-3-4-11-26-17-6-5-14(12-16(17)24-13-20-22-23-24)18(25)21-15-7-9-19-10-8-15/h5-10,12-13H,2-4,11H2,1H3,(H,19,21,25). The lowest BCUT2D eigenvalue weighted by Crippen LogP contribution is -2.13. The van der Waals surface area contributed by atoms with Crippen molar-refractivity contribution in [2.24, 2.45) is 0 Å². The molecule has 0 aliphatic rings. The van der Waals surface area contributed by atoms with Gasteiger partial charge in [-0.05, 0) is 47.2 Å². The van der Waals surface area contributed by atoms with Crippen molar-refractivity contribution in [3.05, 3.63) is 54.6 Å². The number of unbranched alkanes of at least 4 members (excludes halogenated alkanes) is 2. The summed E-state index contributed by atoms with van der Waals surface area (Å²) >= 11 is 0. The number of pyridine rings is 1. The molecule has 0 bridgehead atoms. The van der Waals surface area contributed by atoms with Gasteiger partial charge >= 0.3 is 0 Å². The molecule has 26 heavy (non-hydrogen) atoms. The van der Waals surface area contributed by atoms with E-state index < -0.39 is 0 Å². The second-order valence-corrected chi connectivity index (χ2v) is 5.68. The van der Waals surface area contributed by atoms with Crippen LogP contribution in [0.1, 0.15) is 36.5 Å². The molecular formula is C18H20N6O2. The van der Waals surface area contributed by atoms with Gasteiger partial charge < -0.3 is 10.1 Å². The van der Waals surface area contributed by atoms with Gasteiger partial charge in [0.2, 0.25) is 0 Å². The van der Waals surface area contributed by atoms with Crippen molar-refractivity contribution in [2.75, 3.05) is 11.9 Å². The smallest absolute Gasteiger partial charge is 0.255 e. The first-order chi connectivity index (χ1) is 12.8. The highest BCUT2D eigenvalue weighted by molar-refractivity contribution is 6.04. The molecule has 8 nitrogen and oxygen atoms in total. The zero-order valence-electron chi connectivity index (χ0n) is 14.5. The Balaban J connectivity index is 1.81. The third kappa shape index (κ3) is 4.41. The summed E-state index contributed by atoms with van der Waals surface area (Å²) in [6.45, 7) is 2.74. The van der Waals surface area contributed by atoms with Crippen molar-refractivity contribution < 1.29 is 9.53 Å². The first kappa shape index (κ1) is 17.5. The van der Waals surface area contributed by atoms with Crippen LogP contribution < -0.4 is 10.1 Å². The van der Waals surface area contributed by atoms with Crippen LogP contribution in [0.2, 0.25) is 0 Å². The van der Waals surface area contributed by atoms with Crippen LogP contribution in [0.5, 0.6) is 5.75 Å². The second kappa shape index (κ2) is 8.70. The van der Waals surface area contributed by atoms with E-state index in [1.54, 1.807) is 42.7 Å². The summed E-state index contributed by atoms with van der Waals surface area (Å²) in [6.07, 6.45) is 7.91. The van der Waals surface area contributed by atoms with Gasteiger partial charge in [0.25, 0.3) is 5.91 Å². The fourth-order valence-corrected chi connectivity index (χ4v) is 2.40. The van der Waals surface area contributed by atoms with E-state index in [0.717, 1.165) is 19.3 Å². The summed E-state index contributed by atoms with van der Waals surface area (Å²) in [5.41, 5.74) is 1.77. The minimum absolute atomic E-state index is 0.233. The Labute approximate surface area is 151 Å². The number of rotatable bonds is 8. The Hall–Kier alpha value is -3.29. The highest BCUT2D eigenvalue weighted by Gasteiger charge is 2.13. The van der Waals surface area contributed by atoms with E-state index in [1.807, 2.05) is 0 Å². The van der Waals surface area contributed by atoms with Gasteiger partial charge in [0.1, 0.15) is 17.8 Å². The molecule has 0 saturated carbocycles. The maximum atomic E-state index is 12.5. The largest absolute Gasteiger partial charge is 0.491 e. The van der Waals surface area contributed by atoms with Crippen LogP contribution in [-0.2, 0) is 0 Å². The van der Waals surface area contributed by atoms with Crippen LogP contribution in [0.3, 0.4) is 0 Å². The maximum absolute atomic E-state index is 12.5. The van der Waals surface area contributed by atoms with E-state index >= 15 is 0 Å². The van der Waals surface area contributed by atoms with E-state index in [0.29, 0.717) is 29.3 Å². The van der Waals surface area contributed by atoms with E-state index in [2.05, 4.69) is 32.7 Å². The summed E-state index contributed by atoms with van der Waals surface area (Å²) in [6, 6.07) is 8.66. The van der Waals surface area contributed by atoms with Crippen LogP contribution >= 0.6 is 0 Å². The molecule has 0 saturated heterocycles. The molecule has 1 N–H and O–H groups in total. The molecule has 0 fully saturated rings.